The average Bonchev–Trinajstić information content (AvgIpc) is 2.97. The third-order valence-corrected chi connectivity index (χ3v) is 3.02. The summed E-state index contributed by atoms with van der Waals surface area (Å²) in [6, 6.07) is 1.92. The highest BCUT2D eigenvalue weighted by Gasteiger charge is 2.20. The fourth-order valence-corrected chi connectivity index (χ4v) is 1.72. The molecule has 132 valence electrons. The summed E-state index contributed by atoms with van der Waals surface area (Å²) in [4.78, 5) is 15.9. The van der Waals surface area contributed by atoms with Gasteiger partial charge in [-0.05, 0) is 12.5 Å². The van der Waals surface area contributed by atoms with E-state index in [1.54, 1.807) is 13.2 Å². The van der Waals surface area contributed by atoms with Crippen molar-refractivity contribution in [3.05, 3.63) is 18.5 Å². The molecule has 0 aromatic carbocycles. The molecule has 0 atom stereocenters. The van der Waals surface area contributed by atoms with E-state index in [0.29, 0.717) is 13.1 Å². The molecule has 1 amide bonds. The molecule has 8 heteroatoms. The first kappa shape index (κ1) is 21.7. The highest BCUT2D eigenvalue weighted by Crippen LogP contribution is 2.11. The lowest BCUT2D eigenvalue weighted by atomic mass is 9.96. The van der Waals surface area contributed by atoms with Gasteiger partial charge in [0.05, 0.1) is 0 Å². The molecule has 23 heavy (non-hydrogen) atoms. The molecule has 0 fully saturated rings. The van der Waals surface area contributed by atoms with Gasteiger partial charge in [-0.15, -0.1) is 24.0 Å². The van der Waals surface area contributed by atoms with Crippen molar-refractivity contribution >= 4 is 35.8 Å². The van der Waals surface area contributed by atoms with Gasteiger partial charge in [0, 0.05) is 51.0 Å². The standard InChI is InChI=1S/C15H28N6O.HI/c1-15(2,3)13(22)17-9-10-19-14(16-4)18-7-5-11-21-12-6-8-20-21;/h6,8,12H,5,7,9-11H2,1-4H3,(H,17,22)(H2,16,18,19);1H. The van der Waals surface area contributed by atoms with Crippen LogP contribution in [0, 0.1) is 5.41 Å². The van der Waals surface area contributed by atoms with E-state index in [-0.39, 0.29) is 35.3 Å². The number of carbonyl (C=O) groups is 1. The monoisotopic (exact) mass is 436 g/mol. The molecule has 0 bridgehead atoms. The summed E-state index contributed by atoms with van der Waals surface area (Å²) in [6.45, 7) is 8.60. The number of rotatable bonds is 7. The Morgan fingerprint density at radius 1 is 1.17 bits per heavy atom. The third-order valence-electron chi connectivity index (χ3n) is 3.02. The predicted octanol–water partition coefficient (Wildman–Crippen LogP) is 1.22. The number of aromatic nitrogens is 2. The minimum Gasteiger partial charge on any atom is -0.356 e. The molecule has 1 aromatic heterocycles. The number of hydrogen-bond donors (Lipinski definition) is 3. The Morgan fingerprint density at radius 3 is 2.39 bits per heavy atom. The van der Waals surface area contributed by atoms with Crippen molar-refractivity contribution in [1.82, 2.24) is 25.7 Å². The first-order valence-corrected chi connectivity index (χ1v) is 7.63. The first-order valence-electron chi connectivity index (χ1n) is 7.63. The maximum atomic E-state index is 11.7. The molecular formula is C15H29IN6O. The van der Waals surface area contributed by atoms with Gasteiger partial charge in [0.15, 0.2) is 5.96 Å². The van der Waals surface area contributed by atoms with Gasteiger partial charge >= 0.3 is 0 Å². The van der Waals surface area contributed by atoms with Gasteiger partial charge in [-0.1, -0.05) is 20.8 Å². The molecule has 0 saturated carbocycles. The molecule has 0 aliphatic heterocycles. The molecule has 3 N–H and O–H groups in total. The van der Waals surface area contributed by atoms with Gasteiger partial charge in [-0.25, -0.2) is 0 Å². The van der Waals surface area contributed by atoms with Crippen molar-refractivity contribution in [3.63, 3.8) is 0 Å². The first-order chi connectivity index (χ1) is 10.4. The van der Waals surface area contributed by atoms with Crippen molar-refractivity contribution in [1.29, 1.82) is 0 Å². The zero-order valence-electron chi connectivity index (χ0n) is 14.4. The van der Waals surface area contributed by atoms with Crippen molar-refractivity contribution in [3.8, 4) is 0 Å². The van der Waals surface area contributed by atoms with Crippen LogP contribution in [0.25, 0.3) is 0 Å². The van der Waals surface area contributed by atoms with Crippen molar-refractivity contribution in [2.45, 2.75) is 33.7 Å². The SMILES string of the molecule is CN=C(NCCCn1cccn1)NCCNC(=O)C(C)(C)C.I. The van der Waals surface area contributed by atoms with Crippen LogP contribution in [0.2, 0.25) is 0 Å². The molecular weight excluding hydrogens is 407 g/mol. The van der Waals surface area contributed by atoms with Crippen molar-refractivity contribution < 1.29 is 4.79 Å². The maximum absolute atomic E-state index is 11.7. The zero-order chi connectivity index (χ0) is 16.4. The molecule has 1 rings (SSSR count). The number of nitrogens with one attached hydrogen (secondary N) is 3. The Balaban J connectivity index is 0.00000484. The second kappa shape index (κ2) is 11.3. The number of carbonyl (C=O) groups excluding carboxylic acids is 1. The number of nitrogens with zero attached hydrogens (tertiary/aromatic N) is 3. The summed E-state index contributed by atoms with van der Waals surface area (Å²) in [5, 5.41) is 13.5. The van der Waals surface area contributed by atoms with Gasteiger partial charge in [0.2, 0.25) is 5.91 Å². The maximum Gasteiger partial charge on any atom is 0.225 e. The van der Waals surface area contributed by atoms with Crippen LogP contribution in [0.1, 0.15) is 27.2 Å². The Labute approximate surface area is 155 Å². The average molecular weight is 436 g/mol. The fourth-order valence-electron chi connectivity index (χ4n) is 1.72. The van der Waals surface area contributed by atoms with Gasteiger partial charge in [0.1, 0.15) is 0 Å². The summed E-state index contributed by atoms with van der Waals surface area (Å²) >= 11 is 0. The predicted molar refractivity (Wildman–Crippen MR) is 104 cm³/mol. The number of halogens is 1. The Kier molecular flexibility index (Phi) is 10.6. The molecule has 0 saturated heterocycles. The van der Waals surface area contributed by atoms with Crippen LogP contribution in [0.5, 0.6) is 0 Å². The Hall–Kier alpha value is -1.32. The van der Waals surface area contributed by atoms with Gasteiger partial charge in [0.25, 0.3) is 0 Å². The summed E-state index contributed by atoms with van der Waals surface area (Å²) in [5.41, 5.74) is -0.355. The molecule has 0 aliphatic rings. The lowest BCUT2D eigenvalue weighted by Gasteiger charge is -2.18. The molecule has 7 nitrogen and oxygen atoms in total. The summed E-state index contributed by atoms with van der Waals surface area (Å²) in [7, 11) is 1.73. The fraction of sp³-hybridized carbons (Fsp3) is 0.667. The summed E-state index contributed by atoms with van der Waals surface area (Å²) in [6.07, 6.45) is 4.69. The van der Waals surface area contributed by atoms with Crippen LogP contribution in [-0.4, -0.2) is 48.3 Å². The molecule has 0 radical (unpaired) electrons. The lowest BCUT2D eigenvalue weighted by molar-refractivity contribution is -0.128. The zero-order valence-corrected chi connectivity index (χ0v) is 16.8. The van der Waals surface area contributed by atoms with Crippen LogP contribution in [0.3, 0.4) is 0 Å². The molecule has 0 aliphatic carbocycles. The largest absolute Gasteiger partial charge is 0.356 e. The van der Waals surface area contributed by atoms with E-state index in [4.69, 9.17) is 0 Å². The van der Waals surface area contributed by atoms with Gasteiger partial charge in [-0.3, -0.25) is 14.5 Å². The van der Waals surface area contributed by atoms with Crippen molar-refractivity contribution in [2.75, 3.05) is 26.7 Å². The molecule has 0 unspecified atom stereocenters. The normalized spacial score (nSPS) is 11.6. The van der Waals surface area contributed by atoms with Crippen LogP contribution < -0.4 is 16.0 Å². The van der Waals surface area contributed by atoms with E-state index in [9.17, 15) is 4.79 Å². The van der Waals surface area contributed by atoms with Crippen LogP contribution in [-0.2, 0) is 11.3 Å². The number of aliphatic imine (C=N–C) groups is 1. The number of hydrogen-bond acceptors (Lipinski definition) is 3. The van der Waals surface area contributed by atoms with Crippen LogP contribution in [0.15, 0.2) is 23.5 Å². The second-order valence-electron chi connectivity index (χ2n) is 6.05. The minimum absolute atomic E-state index is 0. The second-order valence-corrected chi connectivity index (χ2v) is 6.05. The molecule has 1 heterocycles. The molecule has 1 aromatic rings. The van der Waals surface area contributed by atoms with E-state index in [0.717, 1.165) is 25.5 Å². The number of guanidine groups is 1. The summed E-state index contributed by atoms with van der Waals surface area (Å²) in [5.74, 6) is 0.793. The Morgan fingerprint density at radius 2 is 1.83 bits per heavy atom. The highest BCUT2D eigenvalue weighted by molar-refractivity contribution is 14.0. The number of aryl methyl sites for hydroxylation is 1. The van der Waals surface area contributed by atoms with Crippen LogP contribution >= 0.6 is 24.0 Å². The lowest BCUT2D eigenvalue weighted by Crippen LogP contribution is -2.43. The van der Waals surface area contributed by atoms with E-state index < -0.39 is 0 Å². The highest BCUT2D eigenvalue weighted by atomic mass is 127. The molecule has 0 spiro atoms. The minimum atomic E-state index is -0.355. The summed E-state index contributed by atoms with van der Waals surface area (Å²) < 4.78 is 1.90. The van der Waals surface area contributed by atoms with Crippen LogP contribution in [0.4, 0.5) is 0 Å². The third kappa shape index (κ3) is 9.42. The topological polar surface area (TPSA) is 83.3 Å². The van der Waals surface area contributed by atoms with E-state index in [1.165, 1.54) is 0 Å². The van der Waals surface area contributed by atoms with E-state index in [1.807, 2.05) is 37.7 Å². The Bertz CT molecular complexity index is 467. The van der Waals surface area contributed by atoms with Gasteiger partial charge in [-0.2, -0.15) is 5.10 Å². The number of amides is 1. The quantitative estimate of drug-likeness (QED) is 0.260. The smallest absolute Gasteiger partial charge is 0.225 e. The van der Waals surface area contributed by atoms with Crippen molar-refractivity contribution in [2.24, 2.45) is 10.4 Å². The van der Waals surface area contributed by atoms with E-state index in [2.05, 4.69) is 26.0 Å². The van der Waals surface area contributed by atoms with Gasteiger partial charge < -0.3 is 16.0 Å². The van der Waals surface area contributed by atoms with E-state index >= 15 is 0 Å².